The molecule has 0 aliphatic heterocycles. The zero-order chi connectivity index (χ0) is 10.3. The van der Waals surface area contributed by atoms with Gasteiger partial charge >= 0.3 is 0 Å². The number of fused-ring (bicyclic) bond motifs is 1. The maximum Gasteiger partial charge on any atom is 0.180 e. The Morgan fingerprint density at radius 1 is 1.43 bits per heavy atom. The molecular formula is C10H5F2NO. The minimum absolute atomic E-state index is 0.00838. The van der Waals surface area contributed by atoms with E-state index in [0.717, 1.165) is 12.1 Å². The minimum atomic E-state index is -0.860. The topological polar surface area (TPSA) is 40.9 Å². The first-order chi connectivity index (χ1) is 6.63. The van der Waals surface area contributed by atoms with Gasteiger partial charge in [-0.25, -0.2) is 8.78 Å². The number of hydrogen-bond acceptors (Lipinski definition) is 2. The Hall–Kier alpha value is -1.76. The van der Waals surface area contributed by atoms with Crippen molar-refractivity contribution in [3.05, 3.63) is 34.9 Å². The molecule has 0 bridgehead atoms. The fourth-order valence-electron chi connectivity index (χ4n) is 1.62. The predicted octanol–water partition coefficient (Wildman–Crippen LogP) is 1.84. The molecule has 0 heterocycles. The summed E-state index contributed by atoms with van der Waals surface area (Å²) in [4.78, 5) is 11.4. The highest BCUT2D eigenvalue weighted by Gasteiger charge is 2.33. The molecule has 0 spiro atoms. The molecule has 2 rings (SSSR count). The standard InChI is InChI=1S/C10H5F2NO/c11-6-2-8-7(9(12)3-6)1-5(4-13)10(8)14/h2-3,5H,1H2. The van der Waals surface area contributed by atoms with Crippen LogP contribution in [0.3, 0.4) is 0 Å². The lowest BCUT2D eigenvalue weighted by atomic mass is 10.1. The number of ketones is 1. The van der Waals surface area contributed by atoms with Crippen molar-refractivity contribution < 1.29 is 13.6 Å². The van der Waals surface area contributed by atoms with Crippen LogP contribution in [0.25, 0.3) is 0 Å². The molecule has 0 saturated heterocycles. The molecular weight excluding hydrogens is 188 g/mol. The van der Waals surface area contributed by atoms with Crippen LogP contribution in [0.2, 0.25) is 0 Å². The van der Waals surface area contributed by atoms with Gasteiger partial charge in [-0.3, -0.25) is 4.79 Å². The fraction of sp³-hybridized carbons (Fsp3) is 0.200. The van der Waals surface area contributed by atoms with Crippen molar-refractivity contribution in [3.63, 3.8) is 0 Å². The third-order valence-corrected chi connectivity index (χ3v) is 2.31. The van der Waals surface area contributed by atoms with Gasteiger partial charge in [0.15, 0.2) is 5.78 Å². The number of rotatable bonds is 0. The predicted molar refractivity (Wildman–Crippen MR) is 43.5 cm³/mol. The van der Waals surface area contributed by atoms with Crippen LogP contribution in [0.1, 0.15) is 15.9 Å². The average molecular weight is 193 g/mol. The van der Waals surface area contributed by atoms with Gasteiger partial charge in [0.1, 0.15) is 17.6 Å². The first kappa shape index (κ1) is 8.82. The van der Waals surface area contributed by atoms with Crippen molar-refractivity contribution in [1.29, 1.82) is 5.26 Å². The molecule has 4 heteroatoms. The first-order valence-corrected chi connectivity index (χ1v) is 4.05. The second kappa shape index (κ2) is 2.88. The van der Waals surface area contributed by atoms with E-state index in [0.29, 0.717) is 0 Å². The number of benzene rings is 1. The van der Waals surface area contributed by atoms with E-state index in [1.165, 1.54) is 0 Å². The number of hydrogen-bond donors (Lipinski definition) is 0. The molecule has 0 amide bonds. The van der Waals surface area contributed by atoms with Crippen molar-refractivity contribution in [2.45, 2.75) is 6.42 Å². The third-order valence-electron chi connectivity index (χ3n) is 2.31. The summed E-state index contributed by atoms with van der Waals surface area (Å²) >= 11 is 0. The van der Waals surface area contributed by atoms with E-state index in [9.17, 15) is 13.6 Å². The number of Topliss-reactive ketones (excluding diaryl/α,β-unsaturated/α-hetero) is 1. The minimum Gasteiger partial charge on any atom is -0.293 e. The molecule has 70 valence electrons. The van der Waals surface area contributed by atoms with Crippen LogP contribution in [0.5, 0.6) is 0 Å². The highest BCUT2D eigenvalue weighted by Crippen LogP contribution is 2.29. The molecule has 0 radical (unpaired) electrons. The van der Waals surface area contributed by atoms with E-state index in [1.54, 1.807) is 6.07 Å². The second-order valence-electron chi connectivity index (χ2n) is 3.16. The molecule has 1 aromatic carbocycles. The Labute approximate surface area is 78.8 Å². The smallest absolute Gasteiger partial charge is 0.180 e. The first-order valence-electron chi connectivity index (χ1n) is 4.05. The van der Waals surface area contributed by atoms with Crippen molar-refractivity contribution in [3.8, 4) is 6.07 Å². The summed E-state index contributed by atoms with van der Waals surface area (Å²) in [7, 11) is 0. The zero-order valence-corrected chi connectivity index (χ0v) is 7.05. The van der Waals surface area contributed by atoms with Gasteiger partial charge in [-0.15, -0.1) is 0 Å². The summed E-state index contributed by atoms with van der Waals surface area (Å²) in [6, 6.07) is 3.48. The number of nitrogens with zero attached hydrogens (tertiary/aromatic N) is 1. The lowest BCUT2D eigenvalue weighted by Crippen LogP contribution is -2.05. The van der Waals surface area contributed by atoms with Crippen LogP contribution in [0.15, 0.2) is 12.1 Å². The molecule has 0 saturated carbocycles. The van der Waals surface area contributed by atoms with Gasteiger partial charge in [0.25, 0.3) is 0 Å². The summed E-state index contributed by atoms with van der Waals surface area (Å²) in [6.07, 6.45) is 0.0524. The Morgan fingerprint density at radius 3 is 2.79 bits per heavy atom. The summed E-state index contributed by atoms with van der Waals surface area (Å²) in [5, 5.41) is 8.58. The Kier molecular flexibility index (Phi) is 1.81. The second-order valence-corrected chi connectivity index (χ2v) is 3.16. The van der Waals surface area contributed by atoms with E-state index >= 15 is 0 Å². The average Bonchev–Trinajstić information content (AvgIpc) is 2.44. The van der Waals surface area contributed by atoms with Gasteiger partial charge in [-0.05, 0) is 12.5 Å². The van der Waals surface area contributed by atoms with Crippen LogP contribution in [-0.4, -0.2) is 5.78 Å². The summed E-state index contributed by atoms with van der Waals surface area (Å²) in [5.74, 6) is -2.87. The maximum absolute atomic E-state index is 13.1. The molecule has 0 aromatic heterocycles. The molecule has 1 aromatic rings. The molecule has 1 atom stereocenters. The lowest BCUT2D eigenvalue weighted by molar-refractivity contribution is 0.0963. The van der Waals surface area contributed by atoms with Gasteiger partial charge < -0.3 is 0 Å². The molecule has 0 fully saturated rings. The summed E-state index contributed by atoms with van der Waals surface area (Å²) < 4.78 is 25.9. The van der Waals surface area contributed by atoms with Gasteiger partial charge in [0.2, 0.25) is 0 Å². The van der Waals surface area contributed by atoms with Crippen LogP contribution in [0.4, 0.5) is 8.78 Å². The van der Waals surface area contributed by atoms with E-state index in [4.69, 9.17) is 5.26 Å². The van der Waals surface area contributed by atoms with Crippen LogP contribution < -0.4 is 0 Å². The molecule has 0 N–H and O–H groups in total. The molecule has 14 heavy (non-hydrogen) atoms. The van der Waals surface area contributed by atoms with E-state index < -0.39 is 23.3 Å². The third kappa shape index (κ3) is 1.10. The highest BCUT2D eigenvalue weighted by atomic mass is 19.1. The number of carbonyl (C=O) groups is 1. The quantitative estimate of drug-likeness (QED) is 0.630. The summed E-state index contributed by atoms with van der Waals surface area (Å²) in [6.45, 7) is 0. The van der Waals surface area contributed by atoms with Gasteiger partial charge in [0, 0.05) is 17.2 Å². The number of carbonyl (C=O) groups excluding carboxylic acids is 1. The van der Waals surface area contributed by atoms with Crippen molar-refractivity contribution in [2.24, 2.45) is 5.92 Å². The molecule has 1 unspecified atom stereocenters. The van der Waals surface area contributed by atoms with E-state index in [2.05, 4.69) is 0 Å². The monoisotopic (exact) mass is 193 g/mol. The largest absolute Gasteiger partial charge is 0.293 e. The number of halogens is 2. The van der Waals surface area contributed by atoms with Crippen LogP contribution in [0, 0.1) is 28.9 Å². The van der Waals surface area contributed by atoms with E-state index in [1.807, 2.05) is 0 Å². The summed E-state index contributed by atoms with van der Waals surface area (Å²) in [5.41, 5.74) is 0.164. The van der Waals surface area contributed by atoms with Gasteiger partial charge in [0.05, 0.1) is 6.07 Å². The number of nitriles is 1. The lowest BCUT2D eigenvalue weighted by Gasteiger charge is -1.98. The van der Waals surface area contributed by atoms with Crippen LogP contribution >= 0.6 is 0 Å². The maximum atomic E-state index is 13.1. The molecule has 1 aliphatic rings. The normalized spacial score (nSPS) is 19.2. The van der Waals surface area contributed by atoms with Gasteiger partial charge in [-0.1, -0.05) is 0 Å². The Balaban J connectivity index is 2.60. The SMILES string of the molecule is N#CC1Cc2c(F)cc(F)cc2C1=O. The van der Waals surface area contributed by atoms with Crippen LogP contribution in [-0.2, 0) is 6.42 Å². The fourth-order valence-corrected chi connectivity index (χ4v) is 1.62. The van der Waals surface area contributed by atoms with Gasteiger partial charge in [-0.2, -0.15) is 5.26 Å². The Morgan fingerprint density at radius 2 is 2.14 bits per heavy atom. The molecule has 1 aliphatic carbocycles. The van der Waals surface area contributed by atoms with Crippen molar-refractivity contribution in [2.75, 3.05) is 0 Å². The van der Waals surface area contributed by atoms with E-state index in [-0.39, 0.29) is 17.5 Å². The Bertz CT molecular complexity index is 462. The highest BCUT2D eigenvalue weighted by molar-refractivity contribution is 6.03. The van der Waals surface area contributed by atoms with Crippen molar-refractivity contribution >= 4 is 5.78 Å². The molecule has 2 nitrogen and oxygen atoms in total. The van der Waals surface area contributed by atoms with Crippen molar-refractivity contribution in [1.82, 2.24) is 0 Å². The zero-order valence-electron chi connectivity index (χ0n) is 7.05.